The standard InChI is InChI=1S/C11H11N5O/c1-15-7-8(6-13-15)9-5-10-12-3-4-16(10)11(14-9)17-2/h3-7H,1-2H3. The molecule has 0 atom stereocenters. The Hall–Kier alpha value is -2.37. The number of hydrogen-bond acceptors (Lipinski definition) is 4. The molecular weight excluding hydrogens is 218 g/mol. The van der Waals surface area contributed by atoms with Gasteiger partial charge < -0.3 is 4.74 Å². The molecule has 0 radical (unpaired) electrons. The fourth-order valence-electron chi connectivity index (χ4n) is 1.74. The third kappa shape index (κ3) is 1.54. The molecule has 0 saturated heterocycles. The first-order valence-electron chi connectivity index (χ1n) is 5.15. The number of fused-ring (bicyclic) bond motifs is 1. The molecule has 0 aliphatic carbocycles. The molecule has 0 aliphatic rings. The third-order valence-electron chi connectivity index (χ3n) is 2.54. The van der Waals surface area contributed by atoms with Crippen molar-refractivity contribution in [2.45, 2.75) is 0 Å². The van der Waals surface area contributed by atoms with E-state index in [-0.39, 0.29) is 0 Å². The number of ether oxygens (including phenoxy) is 1. The molecule has 6 nitrogen and oxygen atoms in total. The molecule has 3 aromatic rings. The summed E-state index contributed by atoms with van der Waals surface area (Å²) in [5.74, 6) is 0. The highest BCUT2D eigenvalue weighted by molar-refractivity contribution is 5.62. The highest BCUT2D eigenvalue weighted by Crippen LogP contribution is 2.21. The Kier molecular flexibility index (Phi) is 2.07. The third-order valence-corrected chi connectivity index (χ3v) is 2.54. The van der Waals surface area contributed by atoms with Gasteiger partial charge in [-0.2, -0.15) is 10.1 Å². The van der Waals surface area contributed by atoms with Gasteiger partial charge in [0.15, 0.2) is 0 Å². The van der Waals surface area contributed by atoms with Crippen LogP contribution >= 0.6 is 0 Å². The van der Waals surface area contributed by atoms with Crippen molar-refractivity contribution in [2.24, 2.45) is 7.05 Å². The lowest BCUT2D eigenvalue weighted by atomic mass is 10.2. The molecule has 0 N–H and O–H groups in total. The van der Waals surface area contributed by atoms with E-state index in [0.29, 0.717) is 6.01 Å². The minimum absolute atomic E-state index is 0.513. The summed E-state index contributed by atoms with van der Waals surface area (Å²) in [5.41, 5.74) is 2.54. The van der Waals surface area contributed by atoms with Gasteiger partial charge in [0.2, 0.25) is 0 Å². The summed E-state index contributed by atoms with van der Waals surface area (Å²) in [6.45, 7) is 0. The van der Waals surface area contributed by atoms with E-state index >= 15 is 0 Å². The van der Waals surface area contributed by atoms with Gasteiger partial charge in [0.1, 0.15) is 5.65 Å². The van der Waals surface area contributed by atoms with Crippen molar-refractivity contribution in [3.63, 3.8) is 0 Å². The first-order valence-corrected chi connectivity index (χ1v) is 5.15. The number of aryl methyl sites for hydroxylation is 1. The zero-order valence-corrected chi connectivity index (χ0v) is 9.53. The fourth-order valence-corrected chi connectivity index (χ4v) is 1.74. The number of methoxy groups -OCH3 is 1. The smallest absolute Gasteiger partial charge is 0.302 e. The monoisotopic (exact) mass is 229 g/mol. The Balaban J connectivity index is 2.23. The van der Waals surface area contributed by atoms with Crippen LogP contribution in [0.1, 0.15) is 0 Å². The maximum absolute atomic E-state index is 5.24. The lowest BCUT2D eigenvalue weighted by Crippen LogP contribution is -1.98. The summed E-state index contributed by atoms with van der Waals surface area (Å²) in [4.78, 5) is 8.66. The zero-order valence-electron chi connectivity index (χ0n) is 9.53. The fraction of sp³-hybridized carbons (Fsp3) is 0.182. The second kappa shape index (κ2) is 3.58. The van der Waals surface area contributed by atoms with E-state index in [1.165, 1.54) is 0 Å². The molecule has 0 amide bonds. The Labute approximate surface area is 97.5 Å². The van der Waals surface area contributed by atoms with Gasteiger partial charge in [-0.05, 0) is 0 Å². The molecule has 0 aliphatic heterocycles. The quantitative estimate of drug-likeness (QED) is 0.661. The molecule has 0 aromatic carbocycles. The van der Waals surface area contributed by atoms with E-state index in [2.05, 4.69) is 15.1 Å². The van der Waals surface area contributed by atoms with Crippen LogP contribution in [-0.2, 0) is 7.05 Å². The van der Waals surface area contributed by atoms with Crippen molar-refractivity contribution in [1.29, 1.82) is 0 Å². The van der Waals surface area contributed by atoms with Gasteiger partial charge >= 0.3 is 6.01 Å². The highest BCUT2D eigenvalue weighted by Gasteiger charge is 2.09. The molecule has 3 heterocycles. The first-order chi connectivity index (χ1) is 8.28. The molecule has 0 fully saturated rings. The number of rotatable bonds is 2. The van der Waals surface area contributed by atoms with E-state index < -0.39 is 0 Å². The second-order valence-electron chi connectivity index (χ2n) is 3.69. The number of imidazole rings is 1. The molecule has 0 bridgehead atoms. The van der Waals surface area contributed by atoms with Gasteiger partial charge in [-0.25, -0.2) is 4.98 Å². The molecule has 3 rings (SSSR count). The van der Waals surface area contributed by atoms with Gasteiger partial charge in [0.25, 0.3) is 0 Å². The van der Waals surface area contributed by atoms with Crippen molar-refractivity contribution >= 4 is 5.65 Å². The Morgan fingerprint density at radius 3 is 2.94 bits per heavy atom. The number of hydrogen-bond donors (Lipinski definition) is 0. The first kappa shape index (κ1) is 9.83. The number of aromatic nitrogens is 5. The maximum atomic E-state index is 5.24. The largest absolute Gasteiger partial charge is 0.468 e. The Morgan fingerprint density at radius 2 is 2.24 bits per heavy atom. The highest BCUT2D eigenvalue weighted by atomic mass is 16.5. The molecule has 0 unspecified atom stereocenters. The average Bonchev–Trinajstić information content (AvgIpc) is 2.95. The topological polar surface area (TPSA) is 57.2 Å². The van der Waals surface area contributed by atoms with Crippen molar-refractivity contribution in [3.05, 3.63) is 30.9 Å². The lowest BCUT2D eigenvalue weighted by molar-refractivity contribution is 0.374. The van der Waals surface area contributed by atoms with Crippen LogP contribution in [-0.4, -0.2) is 31.3 Å². The summed E-state index contributed by atoms with van der Waals surface area (Å²) >= 11 is 0. The van der Waals surface area contributed by atoms with Crippen LogP contribution in [0.4, 0.5) is 0 Å². The van der Waals surface area contributed by atoms with Crippen LogP contribution in [0.25, 0.3) is 16.9 Å². The SMILES string of the molecule is COc1nc(-c2cnn(C)c2)cc2nccn12. The summed E-state index contributed by atoms with van der Waals surface area (Å²) in [5, 5.41) is 4.12. The number of nitrogens with zero attached hydrogens (tertiary/aromatic N) is 5. The van der Waals surface area contributed by atoms with Gasteiger partial charge in [0, 0.05) is 37.3 Å². The summed E-state index contributed by atoms with van der Waals surface area (Å²) in [7, 11) is 3.46. The molecule has 6 heteroatoms. The van der Waals surface area contributed by atoms with Crippen LogP contribution < -0.4 is 4.74 Å². The second-order valence-corrected chi connectivity index (χ2v) is 3.69. The van der Waals surface area contributed by atoms with Gasteiger partial charge in [-0.3, -0.25) is 9.08 Å². The van der Waals surface area contributed by atoms with Crippen molar-refractivity contribution in [3.8, 4) is 17.3 Å². The zero-order chi connectivity index (χ0) is 11.8. The van der Waals surface area contributed by atoms with Crippen molar-refractivity contribution in [2.75, 3.05) is 7.11 Å². The van der Waals surface area contributed by atoms with Gasteiger partial charge in [0.05, 0.1) is 19.0 Å². The van der Waals surface area contributed by atoms with E-state index in [1.54, 1.807) is 28.6 Å². The Morgan fingerprint density at radius 1 is 1.35 bits per heavy atom. The van der Waals surface area contributed by atoms with Crippen LogP contribution in [0.2, 0.25) is 0 Å². The van der Waals surface area contributed by atoms with Crippen LogP contribution in [0.3, 0.4) is 0 Å². The maximum Gasteiger partial charge on any atom is 0.302 e. The van der Waals surface area contributed by atoms with E-state index in [0.717, 1.165) is 16.9 Å². The summed E-state index contributed by atoms with van der Waals surface area (Å²) in [6.07, 6.45) is 7.20. The predicted octanol–water partition coefficient (Wildman–Crippen LogP) is 1.14. The van der Waals surface area contributed by atoms with Crippen molar-refractivity contribution < 1.29 is 4.74 Å². The van der Waals surface area contributed by atoms with Gasteiger partial charge in [-0.15, -0.1) is 0 Å². The molecular formula is C11H11N5O. The van der Waals surface area contributed by atoms with Gasteiger partial charge in [-0.1, -0.05) is 0 Å². The van der Waals surface area contributed by atoms with E-state index in [9.17, 15) is 0 Å². The van der Waals surface area contributed by atoms with Crippen molar-refractivity contribution in [1.82, 2.24) is 24.1 Å². The molecule has 3 aromatic heterocycles. The molecule has 17 heavy (non-hydrogen) atoms. The normalized spacial score (nSPS) is 10.9. The van der Waals surface area contributed by atoms with Crippen LogP contribution in [0.15, 0.2) is 30.9 Å². The van der Waals surface area contributed by atoms with Crippen LogP contribution in [0, 0.1) is 0 Å². The van der Waals surface area contributed by atoms with E-state index in [1.807, 2.05) is 25.5 Å². The molecule has 0 saturated carbocycles. The lowest BCUT2D eigenvalue weighted by Gasteiger charge is -2.04. The average molecular weight is 229 g/mol. The molecule has 86 valence electrons. The minimum Gasteiger partial charge on any atom is -0.468 e. The Bertz CT molecular complexity index is 669. The summed E-state index contributed by atoms with van der Waals surface area (Å²) < 4.78 is 8.77. The predicted molar refractivity (Wildman–Crippen MR) is 61.7 cm³/mol. The minimum atomic E-state index is 0.513. The molecule has 0 spiro atoms. The van der Waals surface area contributed by atoms with Crippen LogP contribution in [0.5, 0.6) is 6.01 Å². The van der Waals surface area contributed by atoms with E-state index in [4.69, 9.17) is 4.74 Å². The summed E-state index contributed by atoms with van der Waals surface area (Å²) in [6, 6.07) is 2.42.